The van der Waals surface area contributed by atoms with Gasteiger partial charge in [0.25, 0.3) is 0 Å². The predicted molar refractivity (Wildman–Crippen MR) is 50.7 cm³/mol. The molecule has 78 valence electrons. The maximum absolute atomic E-state index is 10.7. The van der Waals surface area contributed by atoms with Crippen molar-refractivity contribution in [1.29, 1.82) is 0 Å². The lowest BCUT2D eigenvalue weighted by Crippen LogP contribution is -2.41. The zero-order valence-electron chi connectivity index (χ0n) is 8.36. The summed E-state index contributed by atoms with van der Waals surface area (Å²) in [6, 6.07) is -0.501. The topological polar surface area (TPSA) is 60.8 Å². The Labute approximate surface area is 79.2 Å². The van der Waals surface area contributed by atoms with E-state index < -0.39 is 12.0 Å². The van der Waals surface area contributed by atoms with Crippen LogP contribution in [0, 0.1) is 0 Å². The molecule has 0 amide bonds. The van der Waals surface area contributed by atoms with E-state index in [2.05, 4.69) is 6.92 Å². The van der Waals surface area contributed by atoms with Crippen LogP contribution in [-0.2, 0) is 4.79 Å². The molecule has 0 fully saturated rings. The zero-order chi connectivity index (χ0) is 10.3. The molecule has 0 aromatic heterocycles. The summed E-state index contributed by atoms with van der Waals surface area (Å²) in [5.74, 6) is -0.829. The van der Waals surface area contributed by atoms with Crippen LogP contribution in [-0.4, -0.2) is 46.8 Å². The van der Waals surface area contributed by atoms with Gasteiger partial charge in [-0.05, 0) is 19.9 Å². The Morgan fingerprint density at radius 1 is 1.46 bits per heavy atom. The Bertz CT molecular complexity index is 150. The van der Waals surface area contributed by atoms with Gasteiger partial charge in [-0.25, -0.2) is 0 Å². The Kier molecular flexibility index (Phi) is 6.54. The van der Waals surface area contributed by atoms with E-state index in [1.165, 1.54) is 0 Å². The number of carboxylic acid groups (broad SMARTS) is 1. The van der Waals surface area contributed by atoms with E-state index in [9.17, 15) is 4.79 Å². The molecule has 0 spiro atoms. The molecule has 0 rings (SSSR count). The van der Waals surface area contributed by atoms with E-state index in [1.54, 1.807) is 11.8 Å². The molecule has 0 bridgehead atoms. The fourth-order valence-electron chi connectivity index (χ4n) is 1.14. The Balaban J connectivity index is 3.98. The van der Waals surface area contributed by atoms with Crippen molar-refractivity contribution in [2.75, 3.05) is 19.7 Å². The highest BCUT2D eigenvalue weighted by atomic mass is 16.4. The predicted octanol–water partition coefficient (Wildman–Crippen LogP) is 0.554. The van der Waals surface area contributed by atoms with Crippen LogP contribution in [0.4, 0.5) is 0 Å². The second kappa shape index (κ2) is 6.86. The first-order valence-electron chi connectivity index (χ1n) is 4.71. The summed E-state index contributed by atoms with van der Waals surface area (Å²) < 4.78 is 0. The first kappa shape index (κ1) is 12.4. The first-order valence-corrected chi connectivity index (χ1v) is 4.71. The van der Waals surface area contributed by atoms with Crippen molar-refractivity contribution < 1.29 is 15.0 Å². The maximum atomic E-state index is 10.7. The van der Waals surface area contributed by atoms with Gasteiger partial charge in [0.15, 0.2) is 0 Å². The van der Waals surface area contributed by atoms with Crippen LogP contribution in [0.25, 0.3) is 0 Å². The van der Waals surface area contributed by atoms with Gasteiger partial charge in [0, 0.05) is 6.54 Å². The van der Waals surface area contributed by atoms with Crippen LogP contribution in [0.15, 0.2) is 0 Å². The minimum atomic E-state index is -0.829. The fraction of sp³-hybridized carbons (Fsp3) is 0.889. The zero-order valence-corrected chi connectivity index (χ0v) is 8.36. The number of aliphatic carboxylic acids is 1. The third-order valence-corrected chi connectivity index (χ3v) is 2.09. The van der Waals surface area contributed by atoms with Gasteiger partial charge in [0.2, 0.25) is 0 Å². The lowest BCUT2D eigenvalue weighted by molar-refractivity contribution is -0.142. The lowest BCUT2D eigenvalue weighted by Gasteiger charge is -2.24. The molecule has 0 radical (unpaired) electrons. The van der Waals surface area contributed by atoms with Crippen molar-refractivity contribution in [3.63, 3.8) is 0 Å². The average molecular weight is 189 g/mol. The molecule has 1 atom stereocenters. The summed E-state index contributed by atoms with van der Waals surface area (Å²) >= 11 is 0. The van der Waals surface area contributed by atoms with Crippen molar-refractivity contribution in [2.24, 2.45) is 0 Å². The second-order valence-electron chi connectivity index (χ2n) is 3.13. The van der Waals surface area contributed by atoms with Crippen molar-refractivity contribution in [2.45, 2.75) is 32.7 Å². The number of rotatable bonds is 7. The molecule has 0 saturated carbocycles. The first-order chi connectivity index (χ1) is 6.13. The highest BCUT2D eigenvalue weighted by molar-refractivity contribution is 5.72. The number of nitrogens with zero attached hydrogens (tertiary/aromatic N) is 1. The van der Waals surface area contributed by atoms with Gasteiger partial charge in [0.05, 0.1) is 6.61 Å². The molecule has 0 heterocycles. The van der Waals surface area contributed by atoms with E-state index in [0.29, 0.717) is 6.54 Å². The van der Waals surface area contributed by atoms with Crippen molar-refractivity contribution in [3.8, 4) is 0 Å². The third-order valence-electron chi connectivity index (χ3n) is 2.09. The Morgan fingerprint density at radius 2 is 2.08 bits per heavy atom. The summed E-state index contributed by atoms with van der Waals surface area (Å²) in [4.78, 5) is 12.4. The number of unbranched alkanes of at least 4 members (excludes halogenated alkanes) is 1. The normalized spacial score (nSPS) is 13.2. The highest BCUT2D eigenvalue weighted by Crippen LogP contribution is 2.01. The summed E-state index contributed by atoms with van der Waals surface area (Å²) in [5, 5.41) is 17.5. The Morgan fingerprint density at radius 3 is 2.46 bits per heavy atom. The molecule has 13 heavy (non-hydrogen) atoms. The SMILES string of the molecule is CCCCN(CCO)C(C)C(=O)O. The number of hydrogen-bond donors (Lipinski definition) is 2. The van der Waals surface area contributed by atoms with Crippen molar-refractivity contribution in [1.82, 2.24) is 4.90 Å². The molecule has 4 nitrogen and oxygen atoms in total. The van der Waals surface area contributed by atoms with Crippen LogP contribution >= 0.6 is 0 Å². The molecular formula is C9H19NO3. The van der Waals surface area contributed by atoms with Gasteiger partial charge in [-0.2, -0.15) is 0 Å². The smallest absolute Gasteiger partial charge is 0.320 e. The van der Waals surface area contributed by atoms with E-state index >= 15 is 0 Å². The number of carboxylic acids is 1. The molecule has 0 aliphatic carbocycles. The average Bonchev–Trinajstić information content (AvgIpc) is 2.11. The summed E-state index contributed by atoms with van der Waals surface area (Å²) in [6.07, 6.45) is 2.01. The molecule has 0 aromatic carbocycles. The van der Waals surface area contributed by atoms with Gasteiger partial charge in [0.1, 0.15) is 6.04 Å². The molecule has 1 unspecified atom stereocenters. The van der Waals surface area contributed by atoms with E-state index in [-0.39, 0.29) is 6.61 Å². The quantitative estimate of drug-likeness (QED) is 0.614. The van der Waals surface area contributed by atoms with Crippen LogP contribution in [0.2, 0.25) is 0 Å². The van der Waals surface area contributed by atoms with Crippen molar-refractivity contribution >= 4 is 5.97 Å². The monoisotopic (exact) mass is 189 g/mol. The molecule has 0 saturated heterocycles. The Hall–Kier alpha value is -0.610. The van der Waals surface area contributed by atoms with Crippen LogP contribution in [0.1, 0.15) is 26.7 Å². The van der Waals surface area contributed by atoms with Gasteiger partial charge in [-0.1, -0.05) is 13.3 Å². The van der Waals surface area contributed by atoms with Crippen LogP contribution < -0.4 is 0 Å². The maximum Gasteiger partial charge on any atom is 0.320 e. The number of aliphatic hydroxyl groups excluding tert-OH is 1. The van der Waals surface area contributed by atoms with Crippen LogP contribution in [0.5, 0.6) is 0 Å². The number of aliphatic hydroxyl groups is 1. The van der Waals surface area contributed by atoms with Gasteiger partial charge in [-0.15, -0.1) is 0 Å². The summed E-state index contributed by atoms with van der Waals surface area (Å²) in [5.41, 5.74) is 0. The second-order valence-corrected chi connectivity index (χ2v) is 3.13. The molecular weight excluding hydrogens is 170 g/mol. The van der Waals surface area contributed by atoms with E-state index in [1.807, 2.05) is 0 Å². The minimum absolute atomic E-state index is 0.0152. The third kappa shape index (κ3) is 4.85. The standard InChI is InChI=1S/C9H19NO3/c1-3-4-5-10(6-7-11)8(2)9(12)13/h8,11H,3-7H2,1-2H3,(H,12,13). The van der Waals surface area contributed by atoms with Gasteiger partial charge < -0.3 is 10.2 Å². The number of hydrogen-bond acceptors (Lipinski definition) is 3. The highest BCUT2D eigenvalue weighted by Gasteiger charge is 2.18. The lowest BCUT2D eigenvalue weighted by atomic mass is 10.2. The van der Waals surface area contributed by atoms with Gasteiger partial charge in [-0.3, -0.25) is 9.69 Å². The molecule has 0 aliphatic rings. The molecule has 0 aromatic rings. The van der Waals surface area contributed by atoms with Gasteiger partial charge >= 0.3 is 5.97 Å². The molecule has 2 N–H and O–H groups in total. The summed E-state index contributed by atoms with van der Waals surface area (Å²) in [6.45, 7) is 4.90. The molecule has 4 heteroatoms. The van der Waals surface area contributed by atoms with Crippen LogP contribution in [0.3, 0.4) is 0 Å². The van der Waals surface area contributed by atoms with E-state index in [4.69, 9.17) is 10.2 Å². The minimum Gasteiger partial charge on any atom is -0.480 e. The van der Waals surface area contributed by atoms with E-state index in [0.717, 1.165) is 19.4 Å². The summed E-state index contributed by atoms with van der Waals surface area (Å²) in [7, 11) is 0. The fourth-order valence-corrected chi connectivity index (χ4v) is 1.14. The van der Waals surface area contributed by atoms with Crippen molar-refractivity contribution in [3.05, 3.63) is 0 Å². The number of carbonyl (C=O) groups is 1. The molecule has 0 aliphatic heterocycles. The largest absolute Gasteiger partial charge is 0.480 e.